The number of carbonyl (C=O) groups excluding carboxylic acids is 2. The van der Waals surface area contributed by atoms with E-state index in [1.54, 1.807) is 7.05 Å². The van der Waals surface area contributed by atoms with Gasteiger partial charge < -0.3 is 9.80 Å². The van der Waals surface area contributed by atoms with Crippen molar-refractivity contribution >= 4 is 23.4 Å². The van der Waals surface area contributed by atoms with Gasteiger partial charge in [0.15, 0.2) is 0 Å². The molecule has 0 aromatic rings. The van der Waals surface area contributed by atoms with Crippen molar-refractivity contribution in [1.82, 2.24) is 30.5 Å². The molecule has 8 nitrogen and oxygen atoms in total. The van der Waals surface area contributed by atoms with Crippen LogP contribution in [0.25, 0.3) is 0 Å². The standard InChI is InChI=1S/C25H40ClF3N6O2/c1-32-11-9-16(12-22(32)36)24(37)33(2)23(25(27,28)29)15-5-7-17(8-6-15)34-10-3-4-18-19(34)14-30-21-13-20(26)31-35(18)21/h15-21,23,30-31H,3-14H2,1-2H3/t15?,16-,17?,18?,19?,20?,21?,23-/m0/s1. The number of nitrogens with zero attached hydrogens (tertiary/aromatic N) is 4. The molecular formula is C25H40ClF3N6O2. The van der Waals surface area contributed by atoms with E-state index in [0.29, 0.717) is 50.7 Å². The van der Waals surface area contributed by atoms with E-state index in [1.807, 2.05) is 0 Å². The number of amides is 2. The van der Waals surface area contributed by atoms with Gasteiger partial charge in [-0.1, -0.05) is 0 Å². The first-order valence-electron chi connectivity index (χ1n) is 13.8. The first-order valence-corrected chi connectivity index (χ1v) is 14.2. The van der Waals surface area contributed by atoms with Gasteiger partial charge in [-0.2, -0.15) is 13.2 Å². The van der Waals surface area contributed by atoms with Crippen LogP contribution >= 0.6 is 11.6 Å². The predicted molar refractivity (Wildman–Crippen MR) is 133 cm³/mol. The Morgan fingerprint density at radius 3 is 2.51 bits per heavy atom. The van der Waals surface area contributed by atoms with Gasteiger partial charge in [-0.05, 0) is 57.4 Å². The molecule has 5 aliphatic rings. The fourth-order valence-corrected chi connectivity index (χ4v) is 7.88. The smallest absolute Gasteiger partial charge is 0.346 e. The van der Waals surface area contributed by atoms with Gasteiger partial charge in [-0.3, -0.25) is 19.8 Å². The summed E-state index contributed by atoms with van der Waals surface area (Å²) < 4.78 is 43.0. The molecule has 37 heavy (non-hydrogen) atoms. The molecule has 210 valence electrons. The minimum Gasteiger partial charge on any atom is -0.346 e. The fraction of sp³-hybridized carbons (Fsp3) is 0.920. The molecule has 1 aliphatic carbocycles. The summed E-state index contributed by atoms with van der Waals surface area (Å²) in [7, 11) is 2.94. The van der Waals surface area contributed by atoms with Crippen molar-refractivity contribution in [2.75, 3.05) is 33.7 Å². The molecule has 0 radical (unpaired) electrons. The number of hydrogen-bond donors (Lipinski definition) is 2. The molecule has 2 amide bonds. The van der Waals surface area contributed by atoms with Crippen LogP contribution in [-0.2, 0) is 9.59 Å². The maximum atomic E-state index is 14.3. The Kier molecular flexibility index (Phi) is 8.00. The lowest BCUT2D eigenvalue weighted by atomic mass is 9.78. The summed E-state index contributed by atoms with van der Waals surface area (Å²) in [4.78, 5) is 30.1. The molecule has 4 aliphatic heterocycles. The van der Waals surface area contributed by atoms with Gasteiger partial charge in [0.1, 0.15) is 6.04 Å². The van der Waals surface area contributed by atoms with Crippen LogP contribution in [0, 0.1) is 11.8 Å². The molecule has 0 aromatic heterocycles. The number of hydrogen-bond acceptors (Lipinski definition) is 6. The summed E-state index contributed by atoms with van der Waals surface area (Å²) in [6, 6.07) is -0.898. The Bertz CT molecular complexity index is 857. The Morgan fingerprint density at radius 1 is 1.11 bits per heavy atom. The minimum atomic E-state index is -4.50. The molecule has 2 N–H and O–H groups in total. The molecule has 1 saturated carbocycles. The Hall–Kier alpha value is -1.14. The summed E-state index contributed by atoms with van der Waals surface area (Å²) in [6.45, 7) is 2.23. The number of likely N-dealkylation sites (tertiary alicyclic amines) is 2. The van der Waals surface area contributed by atoms with Crippen LogP contribution in [0.4, 0.5) is 13.2 Å². The van der Waals surface area contributed by atoms with Gasteiger partial charge in [0, 0.05) is 64.1 Å². The van der Waals surface area contributed by atoms with E-state index in [-0.39, 0.29) is 30.0 Å². The van der Waals surface area contributed by atoms with E-state index < -0.39 is 30.0 Å². The number of halogens is 4. The molecule has 0 spiro atoms. The van der Waals surface area contributed by atoms with Crippen molar-refractivity contribution in [2.24, 2.45) is 11.8 Å². The monoisotopic (exact) mass is 548 g/mol. The number of alkyl halides is 4. The minimum absolute atomic E-state index is 0.0141. The molecule has 12 heteroatoms. The highest BCUT2D eigenvalue weighted by Crippen LogP contribution is 2.41. The maximum absolute atomic E-state index is 14.3. The highest BCUT2D eigenvalue weighted by Gasteiger charge is 2.52. The largest absolute Gasteiger partial charge is 0.409 e. The number of piperidine rings is 2. The van der Waals surface area contributed by atoms with Crippen molar-refractivity contribution < 1.29 is 22.8 Å². The van der Waals surface area contributed by atoms with Crippen LogP contribution in [0.2, 0.25) is 0 Å². The molecule has 4 unspecified atom stereocenters. The predicted octanol–water partition coefficient (Wildman–Crippen LogP) is 2.34. The summed E-state index contributed by atoms with van der Waals surface area (Å²) in [5, 5.41) is 5.88. The quantitative estimate of drug-likeness (QED) is 0.415. The van der Waals surface area contributed by atoms with Crippen molar-refractivity contribution in [3.05, 3.63) is 0 Å². The van der Waals surface area contributed by atoms with Gasteiger partial charge >= 0.3 is 6.18 Å². The lowest BCUT2D eigenvalue weighted by molar-refractivity contribution is -0.203. The molecule has 0 aromatic carbocycles. The van der Waals surface area contributed by atoms with Crippen LogP contribution in [-0.4, -0.2) is 107 Å². The maximum Gasteiger partial charge on any atom is 0.409 e. The van der Waals surface area contributed by atoms with Crippen LogP contribution < -0.4 is 10.7 Å². The van der Waals surface area contributed by atoms with E-state index in [1.165, 1.54) is 11.9 Å². The first kappa shape index (κ1) is 27.4. The van der Waals surface area contributed by atoms with Crippen molar-refractivity contribution in [2.45, 2.75) is 99.8 Å². The highest BCUT2D eigenvalue weighted by molar-refractivity contribution is 6.20. The van der Waals surface area contributed by atoms with E-state index >= 15 is 0 Å². The van der Waals surface area contributed by atoms with Crippen LogP contribution in [0.5, 0.6) is 0 Å². The molecule has 0 bridgehead atoms. The molecule has 6 atom stereocenters. The second kappa shape index (κ2) is 10.8. The number of nitrogens with one attached hydrogen (secondary N) is 2. The molecule has 5 rings (SSSR count). The number of fused-ring (bicyclic) bond motifs is 3. The Balaban J connectivity index is 1.22. The SMILES string of the molecule is CN1CC[C@H](C(=O)N(C)[C@@H](C2CCC(N3CCCC4C3CNC3CC(Cl)NN34)CC2)C(F)(F)F)CC1=O. The second-order valence-electron chi connectivity index (χ2n) is 11.7. The van der Waals surface area contributed by atoms with Gasteiger partial charge in [0.2, 0.25) is 11.8 Å². The highest BCUT2D eigenvalue weighted by atomic mass is 35.5. The van der Waals surface area contributed by atoms with Gasteiger partial charge in [0.05, 0.1) is 11.7 Å². The van der Waals surface area contributed by atoms with Crippen LogP contribution in [0.1, 0.15) is 57.8 Å². The first-order chi connectivity index (χ1) is 17.5. The lowest BCUT2D eigenvalue weighted by Gasteiger charge is -2.53. The van der Waals surface area contributed by atoms with E-state index in [4.69, 9.17) is 11.6 Å². The van der Waals surface area contributed by atoms with Gasteiger partial charge in [0.25, 0.3) is 0 Å². The van der Waals surface area contributed by atoms with Gasteiger partial charge in [-0.15, -0.1) is 11.6 Å². The molecule has 5 fully saturated rings. The number of hydrazine groups is 1. The van der Waals surface area contributed by atoms with Crippen molar-refractivity contribution in [1.29, 1.82) is 0 Å². The third-order valence-electron chi connectivity index (χ3n) is 9.53. The average molecular weight is 549 g/mol. The Labute approximate surface area is 222 Å². The zero-order chi connectivity index (χ0) is 26.5. The zero-order valence-corrected chi connectivity index (χ0v) is 22.5. The normalized spacial score (nSPS) is 38.7. The summed E-state index contributed by atoms with van der Waals surface area (Å²) >= 11 is 6.35. The van der Waals surface area contributed by atoms with Gasteiger partial charge in [-0.25, -0.2) is 10.4 Å². The van der Waals surface area contributed by atoms with Crippen LogP contribution in [0.15, 0.2) is 0 Å². The summed E-state index contributed by atoms with van der Waals surface area (Å²) in [5.74, 6) is -2.03. The number of carbonyl (C=O) groups is 2. The van der Waals surface area contributed by atoms with Crippen molar-refractivity contribution in [3.63, 3.8) is 0 Å². The molecule has 4 heterocycles. The fourth-order valence-electron chi connectivity index (χ4n) is 7.60. The summed E-state index contributed by atoms with van der Waals surface area (Å²) in [5.41, 5.74) is 3.32. The second-order valence-corrected chi connectivity index (χ2v) is 12.2. The average Bonchev–Trinajstić information content (AvgIpc) is 3.25. The Morgan fingerprint density at radius 2 is 1.84 bits per heavy atom. The van der Waals surface area contributed by atoms with Crippen molar-refractivity contribution in [3.8, 4) is 0 Å². The van der Waals surface area contributed by atoms with E-state index in [9.17, 15) is 22.8 Å². The third kappa shape index (κ3) is 5.48. The third-order valence-corrected chi connectivity index (χ3v) is 9.80. The van der Waals surface area contributed by atoms with E-state index in [0.717, 1.165) is 37.3 Å². The molecule has 4 saturated heterocycles. The summed E-state index contributed by atoms with van der Waals surface area (Å²) in [6.07, 6.45) is 1.41. The number of rotatable bonds is 4. The lowest BCUT2D eigenvalue weighted by Crippen LogP contribution is -2.70. The van der Waals surface area contributed by atoms with Crippen LogP contribution in [0.3, 0.4) is 0 Å². The topological polar surface area (TPSA) is 71.2 Å². The zero-order valence-electron chi connectivity index (χ0n) is 21.7. The van der Waals surface area contributed by atoms with E-state index in [2.05, 4.69) is 20.7 Å². The molecular weight excluding hydrogens is 509 g/mol.